The number of likely N-dealkylation sites (N-methyl/N-ethyl adjacent to an activating group) is 1. The van der Waals surface area contributed by atoms with Crippen LogP contribution in [0.5, 0.6) is 0 Å². The lowest BCUT2D eigenvalue weighted by Gasteiger charge is -2.29. The van der Waals surface area contributed by atoms with Crippen molar-refractivity contribution >= 4 is 29.8 Å². The molecule has 1 aliphatic rings. The Hall–Kier alpha value is -1.90. The van der Waals surface area contributed by atoms with Gasteiger partial charge in [0.1, 0.15) is 5.56 Å². The van der Waals surface area contributed by atoms with Gasteiger partial charge in [0.05, 0.1) is 18.1 Å². The number of nitro benzene ring substituents is 1. The molecule has 8 nitrogen and oxygen atoms in total. The van der Waals surface area contributed by atoms with Crippen LogP contribution in [-0.4, -0.2) is 67.3 Å². The molecule has 0 bridgehead atoms. The lowest BCUT2D eigenvalue weighted by Crippen LogP contribution is -2.40. The third kappa shape index (κ3) is 5.05. The van der Waals surface area contributed by atoms with Crippen LogP contribution in [0.25, 0.3) is 0 Å². The molecule has 1 aliphatic heterocycles. The molecule has 1 saturated heterocycles. The van der Waals surface area contributed by atoms with E-state index in [0.29, 0.717) is 12.2 Å². The molecular formula is C14H20ClN3O5. The second-order valence-electron chi connectivity index (χ2n) is 5.14. The number of carboxylic acids is 1. The molecular weight excluding hydrogens is 326 g/mol. The van der Waals surface area contributed by atoms with E-state index >= 15 is 0 Å². The number of rotatable bonds is 6. The Labute approximate surface area is 140 Å². The summed E-state index contributed by atoms with van der Waals surface area (Å²) in [5.74, 6) is -1.30. The zero-order valence-corrected chi connectivity index (χ0v) is 13.6. The van der Waals surface area contributed by atoms with Gasteiger partial charge in [-0.25, -0.2) is 4.79 Å². The molecule has 23 heavy (non-hydrogen) atoms. The molecule has 0 aliphatic carbocycles. The Balaban J connectivity index is 0.00000264. The van der Waals surface area contributed by atoms with E-state index in [1.54, 1.807) is 6.07 Å². The maximum absolute atomic E-state index is 11.0. The average molecular weight is 346 g/mol. The molecule has 1 aromatic carbocycles. The highest BCUT2D eigenvalue weighted by Crippen LogP contribution is 2.25. The molecule has 2 rings (SSSR count). The van der Waals surface area contributed by atoms with Crippen LogP contribution in [0.3, 0.4) is 0 Å². The molecule has 9 heteroatoms. The Morgan fingerprint density at radius 2 is 2.09 bits per heavy atom. The molecule has 0 spiro atoms. The van der Waals surface area contributed by atoms with Gasteiger partial charge < -0.3 is 14.7 Å². The first kappa shape index (κ1) is 19.1. The SMILES string of the molecule is CN(CCN1CCOCC1)c1ccc(C(=O)O)c([N+](=O)[O-])c1.Cl. The van der Waals surface area contributed by atoms with Gasteiger partial charge in [0.15, 0.2) is 0 Å². The number of aromatic carboxylic acids is 1. The van der Waals surface area contributed by atoms with Crippen molar-refractivity contribution in [2.24, 2.45) is 0 Å². The highest BCUT2D eigenvalue weighted by molar-refractivity contribution is 5.93. The summed E-state index contributed by atoms with van der Waals surface area (Å²) in [6.07, 6.45) is 0. The van der Waals surface area contributed by atoms with Crippen molar-refractivity contribution in [3.8, 4) is 0 Å². The number of carboxylic acid groups (broad SMARTS) is 1. The van der Waals surface area contributed by atoms with E-state index in [1.807, 2.05) is 11.9 Å². The van der Waals surface area contributed by atoms with Crippen molar-refractivity contribution in [1.29, 1.82) is 0 Å². The van der Waals surface area contributed by atoms with Crippen LogP contribution in [-0.2, 0) is 4.74 Å². The molecule has 0 radical (unpaired) electrons. The summed E-state index contributed by atoms with van der Waals surface area (Å²) in [6.45, 7) is 4.74. The summed E-state index contributed by atoms with van der Waals surface area (Å²) in [5, 5.41) is 20.0. The van der Waals surface area contributed by atoms with Crippen LogP contribution in [0.4, 0.5) is 11.4 Å². The summed E-state index contributed by atoms with van der Waals surface area (Å²) < 4.78 is 5.28. The lowest BCUT2D eigenvalue weighted by atomic mass is 10.1. The summed E-state index contributed by atoms with van der Waals surface area (Å²) in [4.78, 5) is 25.5. The fourth-order valence-electron chi connectivity index (χ4n) is 2.33. The Bertz CT molecular complexity index is 563. The first-order chi connectivity index (χ1) is 10.5. The van der Waals surface area contributed by atoms with E-state index in [9.17, 15) is 14.9 Å². The van der Waals surface area contributed by atoms with Gasteiger partial charge in [0, 0.05) is 45.0 Å². The van der Waals surface area contributed by atoms with Gasteiger partial charge in [0.25, 0.3) is 5.69 Å². The molecule has 1 heterocycles. The van der Waals surface area contributed by atoms with Gasteiger partial charge in [-0.15, -0.1) is 12.4 Å². The quantitative estimate of drug-likeness (QED) is 0.616. The summed E-state index contributed by atoms with van der Waals surface area (Å²) in [7, 11) is 1.83. The minimum atomic E-state index is -1.30. The fourth-order valence-corrected chi connectivity index (χ4v) is 2.33. The first-order valence-corrected chi connectivity index (χ1v) is 7.02. The molecule has 0 atom stereocenters. The van der Waals surface area contributed by atoms with Crippen LogP contribution in [0.2, 0.25) is 0 Å². The molecule has 128 valence electrons. The maximum atomic E-state index is 11.0. The molecule has 1 aromatic rings. The van der Waals surface area contributed by atoms with Crippen molar-refractivity contribution in [2.45, 2.75) is 0 Å². The maximum Gasteiger partial charge on any atom is 0.342 e. The smallest absolute Gasteiger partial charge is 0.342 e. The summed E-state index contributed by atoms with van der Waals surface area (Å²) >= 11 is 0. The summed E-state index contributed by atoms with van der Waals surface area (Å²) in [6, 6.07) is 4.18. The number of nitrogens with zero attached hydrogens (tertiary/aromatic N) is 3. The number of ether oxygens (including phenoxy) is 1. The van der Waals surface area contributed by atoms with Gasteiger partial charge in [-0.05, 0) is 12.1 Å². The molecule has 0 unspecified atom stereocenters. The number of nitro groups is 1. The highest BCUT2D eigenvalue weighted by Gasteiger charge is 2.21. The van der Waals surface area contributed by atoms with Crippen LogP contribution in [0.15, 0.2) is 18.2 Å². The normalized spacial score (nSPS) is 14.8. The number of anilines is 1. The van der Waals surface area contributed by atoms with Gasteiger partial charge in [0.2, 0.25) is 0 Å². The number of carbonyl (C=O) groups is 1. The standard InChI is InChI=1S/C14H19N3O5.ClH/c1-15(4-5-16-6-8-22-9-7-16)11-2-3-12(14(18)19)13(10-11)17(20)21;/h2-3,10H,4-9H2,1H3,(H,18,19);1H. The Morgan fingerprint density at radius 3 is 2.65 bits per heavy atom. The Morgan fingerprint density at radius 1 is 1.43 bits per heavy atom. The third-order valence-electron chi connectivity index (χ3n) is 3.70. The van der Waals surface area contributed by atoms with E-state index in [4.69, 9.17) is 9.84 Å². The van der Waals surface area contributed by atoms with Gasteiger partial charge in [-0.3, -0.25) is 15.0 Å². The average Bonchev–Trinajstić information content (AvgIpc) is 2.52. The van der Waals surface area contributed by atoms with E-state index in [0.717, 1.165) is 32.8 Å². The van der Waals surface area contributed by atoms with E-state index in [1.165, 1.54) is 12.1 Å². The molecule has 0 saturated carbocycles. The predicted molar refractivity (Wildman–Crippen MR) is 87.8 cm³/mol. The highest BCUT2D eigenvalue weighted by atomic mass is 35.5. The van der Waals surface area contributed by atoms with Crippen LogP contribution >= 0.6 is 12.4 Å². The third-order valence-corrected chi connectivity index (χ3v) is 3.70. The number of hydrogen-bond donors (Lipinski definition) is 1. The monoisotopic (exact) mass is 345 g/mol. The van der Waals surface area contributed by atoms with E-state index < -0.39 is 10.9 Å². The minimum Gasteiger partial charge on any atom is -0.477 e. The lowest BCUT2D eigenvalue weighted by molar-refractivity contribution is -0.385. The number of halogens is 1. The zero-order chi connectivity index (χ0) is 16.1. The fraction of sp³-hybridized carbons (Fsp3) is 0.500. The number of benzene rings is 1. The Kier molecular flexibility index (Phi) is 7.21. The zero-order valence-electron chi connectivity index (χ0n) is 12.8. The van der Waals surface area contributed by atoms with Gasteiger partial charge >= 0.3 is 5.97 Å². The van der Waals surface area contributed by atoms with Crippen molar-refractivity contribution in [2.75, 3.05) is 51.3 Å². The van der Waals surface area contributed by atoms with Gasteiger partial charge in [-0.2, -0.15) is 0 Å². The van der Waals surface area contributed by atoms with Crippen molar-refractivity contribution in [1.82, 2.24) is 4.90 Å². The van der Waals surface area contributed by atoms with Crippen molar-refractivity contribution in [3.63, 3.8) is 0 Å². The number of morpholine rings is 1. The van der Waals surface area contributed by atoms with Gasteiger partial charge in [-0.1, -0.05) is 0 Å². The van der Waals surface area contributed by atoms with E-state index in [2.05, 4.69) is 4.90 Å². The van der Waals surface area contributed by atoms with Crippen LogP contribution < -0.4 is 4.90 Å². The summed E-state index contributed by atoms with van der Waals surface area (Å²) in [5.41, 5.74) is -0.0523. The molecule has 0 aromatic heterocycles. The second kappa shape index (κ2) is 8.66. The molecule has 0 amide bonds. The van der Waals surface area contributed by atoms with Crippen molar-refractivity contribution in [3.05, 3.63) is 33.9 Å². The number of hydrogen-bond acceptors (Lipinski definition) is 6. The largest absolute Gasteiger partial charge is 0.477 e. The first-order valence-electron chi connectivity index (χ1n) is 7.02. The van der Waals surface area contributed by atoms with E-state index in [-0.39, 0.29) is 23.7 Å². The van der Waals surface area contributed by atoms with Crippen LogP contribution in [0, 0.1) is 10.1 Å². The minimum absolute atomic E-state index is 0. The van der Waals surface area contributed by atoms with Crippen LogP contribution in [0.1, 0.15) is 10.4 Å². The second-order valence-corrected chi connectivity index (χ2v) is 5.14. The molecule has 1 fully saturated rings. The van der Waals surface area contributed by atoms with Crippen molar-refractivity contribution < 1.29 is 19.6 Å². The molecule has 1 N–H and O–H groups in total. The topological polar surface area (TPSA) is 96.2 Å². The predicted octanol–water partition coefficient (Wildman–Crippen LogP) is 1.48.